The lowest BCUT2D eigenvalue weighted by atomic mass is 9.95. The van der Waals surface area contributed by atoms with E-state index >= 15 is 0 Å². The second-order valence-corrected chi connectivity index (χ2v) is 8.69. The normalized spacial score (nSPS) is 15.9. The molecule has 32 heavy (non-hydrogen) atoms. The fraction of sp³-hybridized carbons (Fsp3) is 0.240. The predicted molar refractivity (Wildman–Crippen MR) is 128 cm³/mol. The first-order valence-corrected chi connectivity index (χ1v) is 11.2. The molecule has 0 amide bonds. The number of esters is 1. The van der Waals surface area contributed by atoms with E-state index in [0.717, 1.165) is 16.8 Å². The molecule has 0 spiro atoms. The molecule has 4 rings (SSSR count). The molecule has 0 aliphatic carbocycles. The van der Waals surface area contributed by atoms with Gasteiger partial charge in [-0.1, -0.05) is 60.7 Å². The molecule has 0 saturated heterocycles. The van der Waals surface area contributed by atoms with Crippen LogP contribution >= 0.6 is 11.3 Å². The van der Waals surface area contributed by atoms with Crippen LogP contribution in [0.1, 0.15) is 30.5 Å². The Hall–Kier alpha value is -3.45. The van der Waals surface area contributed by atoms with E-state index in [1.54, 1.807) is 4.57 Å². The van der Waals surface area contributed by atoms with Crippen LogP contribution in [-0.2, 0) is 9.53 Å². The molecule has 0 unspecified atom stereocenters. The van der Waals surface area contributed by atoms with Gasteiger partial charge < -0.3 is 9.64 Å². The number of anilines is 1. The van der Waals surface area contributed by atoms with Gasteiger partial charge in [-0.05, 0) is 35.8 Å². The number of hydrogen-bond donors (Lipinski definition) is 0. The van der Waals surface area contributed by atoms with E-state index < -0.39 is 12.0 Å². The number of rotatable bonds is 5. The van der Waals surface area contributed by atoms with Crippen LogP contribution < -0.4 is 19.8 Å². The van der Waals surface area contributed by atoms with Crippen molar-refractivity contribution in [2.24, 2.45) is 4.99 Å². The van der Waals surface area contributed by atoms with Crippen molar-refractivity contribution >= 4 is 29.1 Å². The quantitative estimate of drug-likeness (QED) is 0.565. The van der Waals surface area contributed by atoms with Crippen LogP contribution in [0.25, 0.3) is 6.08 Å². The molecule has 0 N–H and O–H groups in total. The minimum atomic E-state index is -0.576. The number of nitrogens with zero attached hydrogens (tertiary/aromatic N) is 3. The van der Waals surface area contributed by atoms with E-state index in [-0.39, 0.29) is 5.56 Å². The third-order valence-corrected chi connectivity index (χ3v) is 6.46. The van der Waals surface area contributed by atoms with E-state index in [1.165, 1.54) is 18.4 Å². The van der Waals surface area contributed by atoms with Crippen molar-refractivity contribution in [2.45, 2.75) is 19.4 Å². The van der Waals surface area contributed by atoms with E-state index in [9.17, 15) is 9.59 Å². The zero-order chi connectivity index (χ0) is 22.8. The molecule has 0 fully saturated rings. The molecule has 0 radical (unpaired) electrons. The van der Waals surface area contributed by atoms with E-state index in [4.69, 9.17) is 4.74 Å². The number of thiazole rings is 1. The summed E-state index contributed by atoms with van der Waals surface area (Å²) in [4.78, 5) is 33.6. The van der Waals surface area contributed by atoms with Gasteiger partial charge in [-0.25, -0.2) is 9.79 Å². The van der Waals surface area contributed by atoms with Crippen molar-refractivity contribution in [3.05, 3.63) is 96.7 Å². The fourth-order valence-electron chi connectivity index (χ4n) is 3.83. The Kier molecular flexibility index (Phi) is 6.10. The van der Waals surface area contributed by atoms with Crippen LogP contribution in [0, 0.1) is 0 Å². The number of carbonyl (C=O) groups excluding carboxylic acids is 1. The van der Waals surface area contributed by atoms with Crippen molar-refractivity contribution in [3.8, 4) is 0 Å². The average Bonchev–Trinajstić information content (AvgIpc) is 3.12. The minimum absolute atomic E-state index is 0.171. The van der Waals surface area contributed by atoms with Gasteiger partial charge in [-0.3, -0.25) is 9.36 Å². The van der Waals surface area contributed by atoms with E-state index in [1.807, 2.05) is 86.6 Å². The topological polar surface area (TPSA) is 63.9 Å². The number of aromatic nitrogens is 1. The highest BCUT2D eigenvalue weighted by Crippen LogP contribution is 2.31. The largest absolute Gasteiger partial charge is 0.466 e. The molecule has 164 valence electrons. The zero-order valence-electron chi connectivity index (χ0n) is 18.5. The predicted octanol–water partition coefficient (Wildman–Crippen LogP) is 2.86. The highest BCUT2D eigenvalue weighted by atomic mass is 32.1. The van der Waals surface area contributed by atoms with Crippen LogP contribution in [0.3, 0.4) is 0 Å². The number of ether oxygens (including phenoxy) is 1. The Morgan fingerprint density at radius 2 is 1.84 bits per heavy atom. The summed E-state index contributed by atoms with van der Waals surface area (Å²) in [6.07, 6.45) is 2.43. The summed E-state index contributed by atoms with van der Waals surface area (Å²) in [7, 11) is 5.33. The van der Waals surface area contributed by atoms with E-state index in [0.29, 0.717) is 27.0 Å². The Bertz CT molecular complexity index is 1350. The molecule has 3 aromatic rings. The Labute approximate surface area is 190 Å². The number of hydrogen-bond acceptors (Lipinski definition) is 6. The lowest BCUT2D eigenvalue weighted by molar-refractivity contribution is -0.136. The van der Waals surface area contributed by atoms with Gasteiger partial charge in [0.2, 0.25) is 0 Å². The third-order valence-electron chi connectivity index (χ3n) is 5.47. The van der Waals surface area contributed by atoms with Gasteiger partial charge in [0.05, 0.1) is 29.0 Å². The fourth-order valence-corrected chi connectivity index (χ4v) is 4.85. The molecule has 7 heteroatoms. The first-order valence-electron chi connectivity index (χ1n) is 10.4. The number of allylic oxidation sites excluding steroid dienone is 1. The molecule has 6 nitrogen and oxygen atoms in total. The molecule has 2 heterocycles. The van der Waals surface area contributed by atoms with Crippen molar-refractivity contribution < 1.29 is 9.53 Å². The third kappa shape index (κ3) is 3.91. The van der Waals surface area contributed by atoms with Gasteiger partial charge in [0.15, 0.2) is 4.80 Å². The van der Waals surface area contributed by atoms with Crippen molar-refractivity contribution in [3.63, 3.8) is 0 Å². The smallest absolute Gasteiger partial charge is 0.338 e. The highest BCUT2D eigenvalue weighted by molar-refractivity contribution is 7.07. The first kappa shape index (κ1) is 21.8. The van der Waals surface area contributed by atoms with Gasteiger partial charge in [0, 0.05) is 19.8 Å². The number of benzene rings is 2. The summed E-state index contributed by atoms with van der Waals surface area (Å²) in [5.74, 6) is -0.465. The first-order chi connectivity index (χ1) is 15.4. The van der Waals surface area contributed by atoms with Crippen LogP contribution in [0.2, 0.25) is 0 Å². The van der Waals surface area contributed by atoms with Crippen LogP contribution in [0.15, 0.2) is 75.7 Å². The number of fused-ring (bicyclic) bond motifs is 1. The van der Waals surface area contributed by atoms with Crippen molar-refractivity contribution in [2.75, 3.05) is 26.1 Å². The Morgan fingerprint density at radius 1 is 1.16 bits per heavy atom. The van der Waals surface area contributed by atoms with E-state index in [2.05, 4.69) is 4.99 Å². The van der Waals surface area contributed by atoms with Gasteiger partial charge in [-0.2, -0.15) is 0 Å². The average molecular weight is 448 g/mol. The second-order valence-electron chi connectivity index (χ2n) is 7.68. The standard InChI is InChI=1S/C25H25N3O3S/c1-5-19-21(24(30)31-4)22(17-9-7-6-8-10-17)28-23(29)20(32-25(28)26-19)15-16-11-13-18(14-12-16)27(2)3/h6-15,22H,5H2,1-4H3/b20-15-/t22-/m0/s1. The summed E-state index contributed by atoms with van der Waals surface area (Å²) >= 11 is 1.34. The summed E-state index contributed by atoms with van der Waals surface area (Å²) in [6.45, 7) is 1.95. The van der Waals surface area contributed by atoms with Crippen molar-refractivity contribution in [1.82, 2.24) is 4.57 Å². The van der Waals surface area contributed by atoms with Crippen LogP contribution in [-0.4, -0.2) is 31.7 Å². The maximum Gasteiger partial charge on any atom is 0.338 e. The van der Waals surface area contributed by atoms with Crippen molar-refractivity contribution in [1.29, 1.82) is 0 Å². The lowest BCUT2D eigenvalue weighted by Crippen LogP contribution is -2.40. The van der Waals surface area contributed by atoms with Crippen LogP contribution in [0.5, 0.6) is 0 Å². The number of methoxy groups -OCH3 is 1. The zero-order valence-corrected chi connectivity index (χ0v) is 19.3. The van der Waals surface area contributed by atoms with Gasteiger partial charge in [0.1, 0.15) is 0 Å². The maximum absolute atomic E-state index is 13.5. The molecule has 1 aliphatic heterocycles. The SMILES string of the molecule is CCC1=C(C(=O)OC)[C@H](c2ccccc2)n2c(s/c(=C\c3ccc(N(C)C)cc3)c2=O)=N1. The summed E-state index contributed by atoms with van der Waals surface area (Å²) < 4.78 is 7.27. The highest BCUT2D eigenvalue weighted by Gasteiger charge is 2.33. The molecular formula is C25H25N3O3S. The summed E-state index contributed by atoms with van der Waals surface area (Å²) in [5, 5.41) is 0. The van der Waals surface area contributed by atoms with Gasteiger partial charge in [-0.15, -0.1) is 0 Å². The number of carbonyl (C=O) groups is 1. The molecule has 1 aliphatic rings. The van der Waals surface area contributed by atoms with Gasteiger partial charge in [0.25, 0.3) is 5.56 Å². The van der Waals surface area contributed by atoms with Crippen LogP contribution in [0.4, 0.5) is 5.69 Å². The summed E-state index contributed by atoms with van der Waals surface area (Å²) in [5.41, 5.74) is 3.75. The minimum Gasteiger partial charge on any atom is -0.466 e. The molecule has 1 atom stereocenters. The molecule has 2 aromatic carbocycles. The summed E-state index contributed by atoms with van der Waals surface area (Å²) in [6, 6.07) is 17.0. The molecular weight excluding hydrogens is 422 g/mol. The molecule has 1 aromatic heterocycles. The molecule has 0 bridgehead atoms. The maximum atomic E-state index is 13.5. The monoisotopic (exact) mass is 447 g/mol. The molecule has 0 saturated carbocycles. The Balaban J connectivity index is 1.93. The lowest BCUT2D eigenvalue weighted by Gasteiger charge is -2.25. The van der Waals surface area contributed by atoms with Gasteiger partial charge >= 0.3 is 5.97 Å². The second kappa shape index (κ2) is 8.96. The Morgan fingerprint density at radius 3 is 2.44 bits per heavy atom.